The van der Waals surface area contributed by atoms with Gasteiger partial charge in [0.1, 0.15) is 5.76 Å². The molecule has 1 aromatic heterocycles. The molecule has 2 aromatic rings. The number of nitrogens with zero attached hydrogens (tertiary/aromatic N) is 1. The van der Waals surface area contributed by atoms with E-state index in [1.807, 2.05) is 0 Å². The SMILES string of the molecule is COc1cccc(C(=O)N(C)Cc2ccc(Br)o2)c1O. The summed E-state index contributed by atoms with van der Waals surface area (Å²) in [7, 11) is 3.07. The van der Waals surface area contributed by atoms with E-state index in [9.17, 15) is 9.90 Å². The Morgan fingerprint density at radius 1 is 1.40 bits per heavy atom. The highest BCUT2D eigenvalue weighted by atomic mass is 79.9. The summed E-state index contributed by atoms with van der Waals surface area (Å²) >= 11 is 3.21. The van der Waals surface area contributed by atoms with Crippen LogP contribution in [0.1, 0.15) is 16.1 Å². The van der Waals surface area contributed by atoms with Crippen LogP contribution >= 0.6 is 15.9 Å². The number of carbonyl (C=O) groups is 1. The average Bonchev–Trinajstić information content (AvgIpc) is 2.83. The van der Waals surface area contributed by atoms with Crippen molar-refractivity contribution < 1.29 is 19.1 Å². The van der Waals surface area contributed by atoms with Gasteiger partial charge in [0.25, 0.3) is 5.91 Å². The van der Waals surface area contributed by atoms with Gasteiger partial charge in [-0.25, -0.2) is 0 Å². The number of phenols is 1. The summed E-state index contributed by atoms with van der Waals surface area (Å²) in [6, 6.07) is 8.34. The number of carbonyl (C=O) groups excluding carboxylic acids is 1. The minimum atomic E-state index is -0.311. The van der Waals surface area contributed by atoms with Gasteiger partial charge in [-0.3, -0.25) is 4.79 Å². The van der Waals surface area contributed by atoms with E-state index in [0.717, 1.165) is 0 Å². The predicted molar refractivity (Wildman–Crippen MR) is 76.9 cm³/mol. The molecular weight excluding hydrogens is 326 g/mol. The third-order valence-corrected chi connectivity index (χ3v) is 3.24. The van der Waals surface area contributed by atoms with Crippen molar-refractivity contribution >= 4 is 21.8 Å². The van der Waals surface area contributed by atoms with E-state index in [0.29, 0.717) is 17.0 Å². The second-order valence-corrected chi connectivity index (χ2v) is 5.01. The quantitative estimate of drug-likeness (QED) is 0.929. The molecule has 6 heteroatoms. The van der Waals surface area contributed by atoms with Crippen molar-refractivity contribution in [3.05, 3.63) is 46.3 Å². The van der Waals surface area contributed by atoms with Gasteiger partial charge in [0, 0.05) is 7.05 Å². The lowest BCUT2D eigenvalue weighted by Crippen LogP contribution is -2.26. The monoisotopic (exact) mass is 339 g/mol. The first-order chi connectivity index (χ1) is 9.52. The molecule has 0 atom stereocenters. The minimum Gasteiger partial charge on any atom is -0.504 e. The van der Waals surface area contributed by atoms with Crippen molar-refractivity contribution in [2.75, 3.05) is 14.2 Å². The molecule has 5 nitrogen and oxygen atoms in total. The first kappa shape index (κ1) is 14.5. The number of para-hydroxylation sites is 1. The third kappa shape index (κ3) is 2.96. The Morgan fingerprint density at radius 3 is 2.75 bits per heavy atom. The number of furan rings is 1. The number of hydrogen-bond acceptors (Lipinski definition) is 4. The fourth-order valence-electron chi connectivity index (χ4n) is 1.81. The Bertz CT molecular complexity index is 623. The lowest BCUT2D eigenvalue weighted by molar-refractivity contribution is 0.0771. The second-order valence-electron chi connectivity index (χ2n) is 4.22. The standard InChI is InChI=1S/C14H14BrNO4/c1-16(8-9-6-7-12(15)20-9)14(18)10-4-3-5-11(19-2)13(10)17/h3-7,17H,8H2,1-2H3. The molecule has 2 rings (SSSR count). The van der Waals surface area contributed by atoms with Gasteiger partial charge in [-0.15, -0.1) is 0 Å². The maximum absolute atomic E-state index is 12.3. The molecule has 0 aliphatic heterocycles. The highest BCUT2D eigenvalue weighted by Crippen LogP contribution is 2.30. The summed E-state index contributed by atoms with van der Waals surface area (Å²) in [4.78, 5) is 13.8. The van der Waals surface area contributed by atoms with Crippen molar-refractivity contribution in [2.45, 2.75) is 6.54 Å². The molecule has 0 fully saturated rings. The van der Waals surface area contributed by atoms with Crippen LogP contribution in [0.25, 0.3) is 0 Å². The maximum atomic E-state index is 12.3. The van der Waals surface area contributed by atoms with Crippen molar-refractivity contribution in [2.24, 2.45) is 0 Å². The lowest BCUT2D eigenvalue weighted by Gasteiger charge is -2.17. The van der Waals surface area contributed by atoms with Gasteiger partial charge in [0.05, 0.1) is 19.2 Å². The van der Waals surface area contributed by atoms with E-state index in [1.54, 1.807) is 37.4 Å². The van der Waals surface area contributed by atoms with Gasteiger partial charge in [0.2, 0.25) is 0 Å². The molecule has 106 valence electrons. The molecule has 0 unspecified atom stereocenters. The summed E-state index contributed by atoms with van der Waals surface area (Å²) in [6.07, 6.45) is 0. The molecule has 0 saturated carbocycles. The van der Waals surface area contributed by atoms with Crippen LogP contribution in [0.3, 0.4) is 0 Å². The van der Waals surface area contributed by atoms with E-state index in [4.69, 9.17) is 9.15 Å². The van der Waals surface area contributed by atoms with Crippen LogP contribution in [-0.2, 0) is 6.54 Å². The number of ether oxygens (including phenoxy) is 1. The zero-order valence-corrected chi connectivity index (χ0v) is 12.7. The number of aromatic hydroxyl groups is 1. The molecule has 0 spiro atoms. The van der Waals surface area contributed by atoms with E-state index in [2.05, 4.69) is 15.9 Å². The minimum absolute atomic E-state index is 0.160. The lowest BCUT2D eigenvalue weighted by atomic mass is 10.1. The van der Waals surface area contributed by atoms with Crippen molar-refractivity contribution in [3.8, 4) is 11.5 Å². The number of halogens is 1. The van der Waals surface area contributed by atoms with Crippen LogP contribution in [0, 0.1) is 0 Å². The van der Waals surface area contributed by atoms with E-state index < -0.39 is 0 Å². The Hall–Kier alpha value is -1.95. The first-order valence-electron chi connectivity index (χ1n) is 5.88. The Morgan fingerprint density at radius 2 is 2.15 bits per heavy atom. The number of methoxy groups -OCH3 is 1. The first-order valence-corrected chi connectivity index (χ1v) is 6.68. The van der Waals surface area contributed by atoms with E-state index in [1.165, 1.54) is 12.0 Å². The van der Waals surface area contributed by atoms with Crippen LogP contribution in [-0.4, -0.2) is 30.1 Å². The summed E-state index contributed by atoms with van der Waals surface area (Å²) in [5.74, 6) is 0.446. The maximum Gasteiger partial charge on any atom is 0.257 e. The van der Waals surface area contributed by atoms with Crippen molar-refractivity contribution in [3.63, 3.8) is 0 Å². The van der Waals surface area contributed by atoms with Crippen LogP contribution in [0.15, 0.2) is 39.4 Å². The Labute approximate surface area is 124 Å². The molecule has 0 saturated heterocycles. The predicted octanol–water partition coefficient (Wildman–Crippen LogP) is 3.03. The fourth-order valence-corrected chi connectivity index (χ4v) is 2.15. The molecule has 1 amide bonds. The zero-order chi connectivity index (χ0) is 14.7. The molecule has 1 aromatic carbocycles. The van der Waals surface area contributed by atoms with Gasteiger partial charge in [-0.2, -0.15) is 0 Å². The largest absolute Gasteiger partial charge is 0.504 e. The molecular formula is C14H14BrNO4. The smallest absolute Gasteiger partial charge is 0.257 e. The van der Waals surface area contributed by atoms with Crippen LogP contribution in [0.5, 0.6) is 11.5 Å². The van der Waals surface area contributed by atoms with E-state index in [-0.39, 0.29) is 23.0 Å². The van der Waals surface area contributed by atoms with Gasteiger partial charge >= 0.3 is 0 Å². The average molecular weight is 340 g/mol. The van der Waals surface area contributed by atoms with Gasteiger partial charge in [0.15, 0.2) is 16.2 Å². The molecule has 0 aliphatic rings. The number of phenolic OH excluding ortho intramolecular Hbond substituents is 1. The van der Waals surface area contributed by atoms with Crippen molar-refractivity contribution in [1.82, 2.24) is 4.90 Å². The normalized spacial score (nSPS) is 10.3. The number of amides is 1. The summed E-state index contributed by atoms with van der Waals surface area (Å²) in [5, 5.41) is 9.97. The number of hydrogen-bond donors (Lipinski definition) is 1. The highest BCUT2D eigenvalue weighted by Gasteiger charge is 2.19. The Balaban J connectivity index is 2.18. The molecule has 0 bridgehead atoms. The number of benzene rings is 1. The van der Waals surface area contributed by atoms with Gasteiger partial charge in [-0.05, 0) is 40.2 Å². The molecule has 0 aliphatic carbocycles. The topological polar surface area (TPSA) is 62.9 Å². The second kappa shape index (κ2) is 6.00. The molecule has 1 heterocycles. The van der Waals surface area contributed by atoms with Crippen LogP contribution in [0.4, 0.5) is 0 Å². The van der Waals surface area contributed by atoms with E-state index >= 15 is 0 Å². The molecule has 20 heavy (non-hydrogen) atoms. The molecule has 0 radical (unpaired) electrons. The third-order valence-electron chi connectivity index (χ3n) is 2.82. The van der Waals surface area contributed by atoms with Crippen LogP contribution < -0.4 is 4.74 Å². The highest BCUT2D eigenvalue weighted by molar-refractivity contribution is 9.10. The summed E-state index contributed by atoms with van der Waals surface area (Å²) in [6.45, 7) is 0.307. The summed E-state index contributed by atoms with van der Waals surface area (Å²) in [5.41, 5.74) is 0.192. The van der Waals surface area contributed by atoms with Crippen LogP contribution in [0.2, 0.25) is 0 Å². The fraction of sp³-hybridized carbons (Fsp3) is 0.214. The van der Waals surface area contributed by atoms with Crippen molar-refractivity contribution in [1.29, 1.82) is 0 Å². The Kier molecular flexibility index (Phi) is 4.34. The van der Waals surface area contributed by atoms with Gasteiger partial charge in [-0.1, -0.05) is 6.07 Å². The number of rotatable bonds is 4. The molecule has 1 N–H and O–H groups in total. The van der Waals surface area contributed by atoms with Gasteiger partial charge < -0.3 is 19.2 Å². The zero-order valence-electron chi connectivity index (χ0n) is 11.1. The summed E-state index contributed by atoms with van der Waals surface area (Å²) < 4.78 is 11.0.